The molecule has 1 aromatic carbocycles. The molecule has 8 heteroatoms. The number of aliphatic imine (C=N–C) groups is 1. The van der Waals surface area contributed by atoms with Crippen LogP contribution in [0, 0.1) is 0 Å². The van der Waals surface area contributed by atoms with Crippen molar-refractivity contribution < 1.29 is 9.47 Å². The number of aromatic nitrogens is 3. The summed E-state index contributed by atoms with van der Waals surface area (Å²) in [4.78, 5) is 11.4. The number of ether oxygens (including phenoxy) is 2. The molecular formula is C24H30N6O2. The van der Waals surface area contributed by atoms with Crippen molar-refractivity contribution in [3.63, 3.8) is 0 Å². The van der Waals surface area contributed by atoms with E-state index in [0.717, 1.165) is 48.2 Å². The molecule has 168 valence electrons. The SMILES string of the molecule is CCNC(=NCc1cccc(OCc2ccccn2)c1)N1CCOC(c2cnn(C)c2)C1. The van der Waals surface area contributed by atoms with Gasteiger partial charge in [0.05, 0.1) is 31.6 Å². The maximum Gasteiger partial charge on any atom is 0.194 e. The maximum absolute atomic E-state index is 5.98. The van der Waals surface area contributed by atoms with Gasteiger partial charge in [-0.05, 0) is 36.8 Å². The highest BCUT2D eigenvalue weighted by atomic mass is 16.5. The van der Waals surface area contributed by atoms with E-state index in [-0.39, 0.29) is 6.10 Å². The van der Waals surface area contributed by atoms with E-state index in [1.54, 1.807) is 10.9 Å². The lowest BCUT2D eigenvalue weighted by atomic mass is 10.1. The van der Waals surface area contributed by atoms with Crippen LogP contribution in [0.5, 0.6) is 5.75 Å². The van der Waals surface area contributed by atoms with Crippen LogP contribution in [0.25, 0.3) is 0 Å². The zero-order chi connectivity index (χ0) is 22.2. The van der Waals surface area contributed by atoms with Crippen LogP contribution in [-0.4, -0.2) is 51.9 Å². The summed E-state index contributed by atoms with van der Waals surface area (Å²) in [6.07, 6.45) is 5.64. The fourth-order valence-corrected chi connectivity index (χ4v) is 3.62. The average Bonchev–Trinajstić information content (AvgIpc) is 3.28. The van der Waals surface area contributed by atoms with E-state index in [1.165, 1.54) is 0 Å². The predicted molar refractivity (Wildman–Crippen MR) is 123 cm³/mol. The molecule has 8 nitrogen and oxygen atoms in total. The first-order valence-electron chi connectivity index (χ1n) is 11.0. The van der Waals surface area contributed by atoms with Gasteiger partial charge < -0.3 is 19.7 Å². The molecule has 0 bridgehead atoms. The molecule has 1 saturated heterocycles. The van der Waals surface area contributed by atoms with Crippen molar-refractivity contribution in [2.75, 3.05) is 26.2 Å². The molecule has 0 spiro atoms. The fourth-order valence-electron chi connectivity index (χ4n) is 3.62. The van der Waals surface area contributed by atoms with Crippen molar-refractivity contribution >= 4 is 5.96 Å². The summed E-state index contributed by atoms with van der Waals surface area (Å²) in [5.41, 5.74) is 3.09. The molecule has 1 unspecified atom stereocenters. The van der Waals surface area contributed by atoms with Crippen LogP contribution in [0.4, 0.5) is 0 Å². The van der Waals surface area contributed by atoms with Gasteiger partial charge in [-0.2, -0.15) is 5.10 Å². The third kappa shape index (κ3) is 5.85. The summed E-state index contributed by atoms with van der Waals surface area (Å²) >= 11 is 0. The number of benzene rings is 1. The second kappa shape index (κ2) is 10.8. The van der Waals surface area contributed by atoms with Gasteiger partial charge in [0, 0.05) is 38.1 Å². The molecule has 4 rings (SSSR count). The molecule has 1 N–H and O–H groups in total. The lowest BCUT2D eigenvalue weighted by molar-refractivity contribution is -0.00805. The maximum atomic E-state index is 5.98. The van der Waals surface area contributed by atoms with Gasteiger partial charge in [-0.15, -0.1) is 0 Å². The highest BCUT2D eigenvalue weighted by Crippen LogP contribution is 2.22. The van der Waals surface area contributed by atoms with Crippen LogP contribution in [0.2, 0.25) is 0 Å². The Hall–Kier alpha value is -3.39. The smallest absolute Gasteiger partial charge is 0.194 e. The summed E-state index contributed by atoms with van der Waals surface area (Å²) in [5.74, 6) is 1.71. The second-order valence-corrected chi connectivity index (χ2v) is 7.68. The molecule has 0 aliphatic carbocycles. The summed E-state index contributed by atoms with van der Waals surface area (Å²) < 4.78 is 13.7. The topological polar surface area (TPSA) is 76.8 Å². The number of nitrogens with one attached hydrogen (secondary N) is 1. The summed E-state index contributed by atoms with van der Waals surface area (Å²) in [5, 5.41) is 7.69. The van der Waals surface area contributed by atoms with Crippen molar-refractivity contribution in [2.24, 2.45) is 12.0 Å². The van der Waals surface area contributed by atoms with Crippen LogP contribution in [0.3, 0.4) is 0 Å². The molecule has 0 amide bonds. The lowest BCUT2D eigenvalue weighted by Gasteiger charge is -2.34. The average molecular weight is 435 g/mol. The van der Waals surface area contributed by atoms with Crippen molar-refractivity contribution in [2.45, 2.75) is 26.2 Å². The molecule has 1 aliphatic heterocycles. The van der Waals surface area contributed by atoms with Crippen LogP contribution in [-0.2, 0) is 24.9 Å². The minimum absolute atomic E-state index is 0.00960. The second-order valence-electron chi connectivity index (χ2n) is 7.68. The number of pyridine rings is 1. The standard InChI is InChI=1S/C24H30N6O2/c1-3-25-24(30-11-12-31-23(17-30)20-15-28-29(2)16-20)27-14-19-7-6-9-22(13-19)32-18-21-8-4-5-10-26-21/h4-10,13,15-16,23H,3,11-12,14,17-18H2,1-2H3,(H,25,27). The van der Waals surface area contributed by atoms with Crippen molar-refractivity contribution in [3.8, 4) is 5.75 Å². The number of hydrogen-bond donors (Lipinski definition) is 1. The van der Waals surface area contributed by atoms with Gasteiger partial charge in [-0.1, -0.05) is 18.2 Å². The Morgan fingerprint density at radius 2 is 2.22 bits per heavy atom. The van der Waals surface area contributed by atoms with Crippen molar-refractivity contribution in [1.82, 2.24) is 25.0 Å². The first kappa shape index (κ1) is 21.8. The van der Waals surface area contributed by atoms with E-state index in [0.29, 0.717) is 19.8 Å². The van der Waals surface area contributed by atoms with Crippen LogP contribution >= 0.6 is 0 Å². The van der Waals surface area contributed by atoms with Crippen LogP contribution in [0.15, 0.2) is 66.0 Å². The van der Waals surface area contributed by atoms with Gasteiger partial charge in [0.1, 0.15) is 18.5 Å². The zero-order valence-electron chi connectivity index (χ0n) is 18.6. The molecule has 0 saturated carbocycles. The van der Waals surface area contributed by atoms with E-state index < -0.39 is 0 Å². The van der Waals surface area contributed by atoms with Gasteiger partial charge in [-0.25, -0.2) is 4.99 Å². The molecule has 1 atom stereocenters. The Morgan fingerprint density at radius 1 is 1.28 bits per heavy atom. The molecule has 2 aromatic heterocycles. The van der Waals surface area contributed by atoms with Crippen molar-refractivity contribution in [1.29, 1.82) is 0 Å². The molecule has 1 fully saturated rings. The third-order valence-corrected chi connectivity index (χ3v) is 5.22. The third-order valence-electron chi connectivity index (χ3n) is 5.22. The van der Waals surface area contributed by atoms with E-state index in [1.807, 2.05) is 55.8 Å². The van der Waals surface area contributed by atoms with Gasteiger partial charge >= 0.3 is 0 Å². The van der Waals surface area contributed by atoms with Crippen LogP contribution < -0.4 is 10.1 Å². The van der Waals surface area contributed by atoms with Gasteiger partial charge in [0.2, 0.25) is 0 Å². The van der Waals surface area contributed by atoms with Gasteiger partial charge in [0.25, 0.3) is 0 Å². The minimum Gasteiger partial charge on any atom is -0.487 e. The molecule has 1 aliphatic rings. The number of guanidine groups is 1. The number of hydrogen-bond acceptors (Lipinski definition) is 5. The van der Waals surface area contributed by atoms with Gasteiger partial charge in [0.15, 0.2) is 5.96 Å². The summed E-state index contributed by atoms with van der Waals surface area (Å²) in [7, 11) is 1.92. The quantitative estimate of drug-likeness (QED) is 0.455. The Balaban J connectivity index is 1.40. The predicted octanol–water partition coefficient (Wildman–Crippen LogP) is 2.93. The minimum atomic E-state index is -0.00960. The molecule has 3 aromatic rings. The zero-order valence-corrected chi connectivity index (χ0v) is 18.6. The molecular weight excluding hydrogens is 404 g/mol. The van der Waals surface area contributed by atoms with Gasteiger partial charge in [-0.3, -0.25) is 9.67 Å². The molecule has 3 heterocycles. The Kier molecular flexibility index (Phi) is 7.34. The number of aryl methyl sites for hydroxylation is 1. The largest absolute Gasteiger partial charge is 0.487 e. The van der Waals surface area contributed by atoms with E-state index in [2.05, 4.69) is 33.3 Å². The molecule has 32 heavy (non-hydrogen) atoms. The lowest BCUT2D eigenvalue weighted by Crippen LogP contribution is -2.48. The first-order valence-corrected chi connectivity index (χ1v) is 11.0. The number of nitrogens with zero attached hydrogens (tertiary/aromatic N) is 5. The van der Waals surface area contributed by atoms with E-state index in [9.17, 15) is 0 Å². The Bertz CT molecular complexity index is 1020. The normalized spacial score (nSPS) is 16.8. The van der Waals surface area contributed by atoms with E-state index in [4.69, 9.17) is 14.5 Å². The van der Waals surface area contributed by atoms with E-state index >= 15 is 0 Å². The number of morpholine rings is 1. The number of rotatable bonds is 7. The summed E-state index contributed by atoms with van der Waals surface area (Å²) in [6, 6.07) is 13.9. The Morgan fingerprint density at radius 3 is 3.00 bits per heavy atom. The highest BCUT2D eigenvalue weighted by Gasteiger charge is 2.25. The summed E-state index contributed by atoms with van der Waals surface area (Å²) in [6.45, 7) is 6.10. The first-order chi connectivity index (χ1) is 15.7. The highest BCUT2D eigenvalue weighted by molar-refractivity contribution is 5.80. The monoisotopic (exact) mass is 434 g/mol. The Labute approximate surface area is 188 Å². The fraction of sp³-hybridized carbons (Fsp3) is 0.375. The van der Waals surface area contributed by atoms with Crippen molar-refractivity contribution in [3.05, 3.63) is 77.9 Å². The molecule has 0 radical (unpaired) electrons. The van der Waals surface area contributed by atoms with Crippen LogP contribution in [0.1, 0.15) is 29.8 Å².